The molecule has 0 aromatic heterocycles. The molecule has 0 saturated carbocycles. The van der Waals surface area contributed by atoms with E-state index in [1.54, 1.807) is 26.8 Å². The molecule has 0 radical (unpaired) electrons. The Balaban J connectivity index is 2.20. The van der Waals surface area contributed by atoms with Crippen LogP contribution in [0.4, 0.5) is 4.79 Å². The molecule has 0 spiro atoms. The zero-order valence-electron chi connectivity index (χ0n) is 12.6. The normalized spacial score (nSPS) is 11.2. The molecular formula is C16H21NO4. The molecule has 0 unspecified atom stereocenters. The van der Waals surface area contributed by atoms with Crippen LogP contribution in [0.25, 0.3) is 6.08 Å². The van der Waals surface area contributed by atoms with Gasteiger partial charge in [0.15, 0.2) is 0 Å². The van der Waals surface area contributed by atoms with E-state index in [4.69, 9.17) is 9.47 Å². The zero-order chi connectivity index (χ0) is 15.7. The van der Waals surface area contributed by atoms with Gasteiger partial charge in [0.25, 0.3) is 0 Å². The van der Waals surface area contributed by atoms with Crippen molar-refractivity contribution >= 4 is 18.1 Å². The standard InChI is InChI=1S/C16H21NO4/c1-16(2,3)21-15(19)17-12-14(18)20-11-7-10-13-8-5-4-6-9-13/h4-10H,11-12H2,1-3H3,(H,17,19)/b10-7-. The van der Waals surface area contributed by atoms with E-state index in [1.807, 2.05) is 36.4 Å². The maximum Gasteiger partial charge on any atom is 0.408 e. The average molecular weight is 291 g/mol. The smallest absolute Gasteiger partial charge is 0.408 e. The Morgan fingerprint density at radius 2 is 1.86 bits per heavy atom. The molecule has 0 aliphatic rings. The Labute approximate surface area is 124 Å². The molecule has 1 aromatic carbocycles. The highest BCUT2D eigenvalue weighted by atomic mass is 16.6. The van der Waals surface area contributed by atoms with Crippen molar-refractivity contribution in [2.45, 2.75) is 26.4 Å². The quantitative estimate of drug-likeness (QED) is 0.847. The first-order valence-electron chi connectivity index (χ1n) is 6.71. The van der Waals surface area contributed by atoms with Crippen LogP contribution in [0.3, 0.4) is 0 Å². The van der Waals surface area contributed by atoms with Gasteiger partial charge in [0, 0.05) is 0 Å². The maximum atomic E-state index is 11.4. The van der Waals surface area contributed by atoms with Crippen LogP contribution >= 0.6 is 0 Å². The summed E-state index contributed by atoms with van der Waals surface area (Å²) in [6, 6.07) is 9.68. The number of rotatable bonds is 5. The first kappa shape index (κ1) is 16.8. The molecule has 0 saturated heterocycles. The first-order chi connectivity index (χ1) is 9.87. The molecule has 1 N–H and O–H groups in total. The minimum atomic E-state index is -0.640. The highest BCUT2D eigenvalue weighted by Crippen LogP contribution is 2.06. The fraction of sp³-hybridized carbons (Fsp3) is 0.375. The lowest BCUT2D eigenvalue weighted by atomic mass is 10.2. The maximum absolute atomic E-state index is 11.4. The number of alkyl carbamates (subject to hydrolysis) is 1. The Bertz CT molecular complexity index is 489. The van der Waals surface area contributed by atoms with Crippen molar-refractivity contribution < 1.29 is 19.1 Å². The summed E-state index contributed by atoms with van der Waals surface area (Å²) >= 11 is 0. The number of benzene rings is 1. The third-order valence-corrected chi connectivity index (χ3v) is 2.23. The molecule has 5 nitrogen and oxygen atoms in total. The van der Waals surface area contributed by atoms with Crippen LogP contribution in [0.15, 0.2) is 36.4 Å². The molecule has 1 aromatic rings. The summed E-state index contributed by atoms with van der Waals surface area (Å²) in [5, 5.41) is 2.34. The summed E-state index contributed by atoms with van der Waals surface area (Å²) in [7, 11) is 0. The lowest BCUT2D eigenvalue weighted by Gasteiger charge is -2.19. The van der Waals surface area contributed by atoms with E-state index in [2.05, 4.69) is 5.32 Å². The van der Waals surface area contributed by atoms with Crippen LogP contribution in [0.5, 0.6) is 0 Å². The summed E-state index contributed by atoms with van der Waals surface area (Å²) in [6.45, 7) is 5.19. The molecule has 0 aliphatic heterocycles. The number of nitrogens with one attached hydrogen (secondary N) is 1. The van der Waals surface area contributed by atoms with E-state index >= 15 is 0 Å². The van der Waals surface area contributed by atoms with Crippen LogP contribution in [-0.2, 0) is 14.3 Å². The van der Waals surface area contributed by atoms with Crippen LogP contribution in [0.2, 0.25) is 0 Å². The molecule has 1 amide bonds. The van der Waals surface area contributed by atoms with Crippen molar-refractivity contribution in [1.82, 2.24) is 5.32 Å². The van der Waals surface area contributed by atoms with E-state index in [0.29, 0.717) is 0 Å². The molecule has 5 heteroatoms. The summed E-state index contributed by atoms with van der Waals surface area (Å²) in [6.07, 6.45) is 2.95. The number of ether oxygens (including phenoxy) is 2. The number of hydrogen-bond acceptors (Lipinski definition) is 4. The van der Waals surface area contributed by atoms with Crippen molar-refractivity contribution in [3.8, 4) is 0 Å². The molecule has 21 heavy (non-hydrogen) atoms. The first-order valence-corrected chi connectivity index (χ1v) is 6.71. The van der Waals surface area contributed by atoms with Gasteiger partial charge in [-0.2, -0.15) is 0 Å². The number of hydrogen-bond donors (Lipinski definition) is 1. The summed E-state index contributed by atoms with van der Waals surface area (Å²) in [5.41, 5.74) is 0.437. The predicted molar refractivity (Wildman–Crippen MR) is 80.7 cm³/mol. The lowest BCUT2D eigenvalue weighted by molar-refractivity contribution is -0.141. The van der Waals surface area contributed by atoms with Gasteiger partial charge in [-0.05, 0) is 32.4 Å². The average Bonchev–Trinajstić information content (AvgIpc) is 2.41. The number of esters is 1. The van der Waals surface area contributed by atoms with Gasteiger partial charge >= 0.3 is 12.1 Å². The Hall–Kier alpha value is -2.30. The molecule has 0 heterocycles. The predicted octanol–water partition coefficient (Wildman–Crippen LogP) is 2.77. The summed E-state index contributed by atoms with van der Waals surface area (Å²) < 4.78 is 9.95. The fourth-order valence-electron chi connectivity index (χ4n) is 1.40. The van der Waals surface area contributed by atoms with Crippen LogP contribution in [-0.4, -0.2) is 30.8 Å². The van der Waals surface area contributed by atoms with E-state index in [1.165, 1.54) is 0 Å². The van der Waals surface area contributed by atoms with Crippen molar-refractivity contribution in [3.63, 3.8) is 0 Å². The van der Waals surface area contributed by atoms with Gasteiger partial charge in [0.1, 0.15) is 18.8 Å². The van der Waals surface area contributed by atoms with E-state index in [9.17, 15) is 9.59 Å². The summed E-state index contributed by atoms with van der Waals surface area (Å²) in [5.74, 6) is -0.515. The van der Waals surface area contributed by atoms with Gasteiger partial charge in [-0.1, -0.05) is 36.4 Å². The van der Waals surface area contributed by atoms with Gasteiger partial charge in [0.05, 0.1) is 0 Å². The molecule has 114 valence electrons. The zero-order valence-corrected chi connectivity index (χ0v) is 12.6. The highest BCUT2D eigenvalue weighted by Gasteiger charge is 2.16. The molecule has 0 atom stereocenters. The van der Waals surface area contributed by atoms with Gasteiger partial charge in [0.2, 0.25) is 0 Å². The monoisotopic (exact) mass is 291 g/mol. The topological polar surface area (TPSA) is 64.6 Å². The van der Waals surface area contributed by atoms with Crippen LogP contribution < -0.4 is 5.32 Å². The van der Waals surface area contributed by atoms with Gasteiger partial charge in [-0.25, -0.2) is 4.79 Å². The highest BCUT2D eigenvalue weighted by molar-refractivity contribution is 5.78. The molecule has 0 aliphatic carbocycles. The van der Waals surface area contributed by atoms with E-state index in [0.717, 1.165) is 5.56 Å². The third kappa shape index (κ3) is 8.47. The Kier molecular flexibility index (Phi) is 6.46. The molecule has 1 rings (SSSR count). The second-order valence-electron chi connectivity index (χ2n) is 5.35. The minimum Gasteiger partial charge on any atom is -0.460 e. The van der Waals surface area contributed by atoms with Crippen molar-refractivity contribution in [2.24, 2.45) is 0 Å². The Morgan fingerprint density at radius 1 is 1.19 bits per heavy atom. The number of amides is 1. The molecule has 0 fully saturated rings. The number of carbonyl (C=O) groups is 2. The van der Waals surface area contributed by atoms with Gasteiger partial charge < -0.3 is 14.8 Å². The molecule has 0 bridgehead atoms. The van der Waals surface area contributed by atoms with E-state index in [-0.39, 0.29) is 13.2 Å². The van der Waals surface area contributed by atoms with Gasteiger partial charge in [-0.15, -0.1) is 0 Å². The summed E-state index contributed by atoms with van der Waals surface area (Å²) in [4.78, 5) is 22.7. The van der Waals surface area contributed by atoms with Gasteiger partial charge in [-0.3, -0.25) is 4.79 Å². The lowest BCUT2D eigenvalue weighted by Crippen LogP contribution is -2.36. The SMILES string of the molecule is CC(C)(C)OC(=O)NCC(=O)OC/C=C\c1ccccc1. The number of carbonyl (C=O) groups excluding carboxylic acids is 2. The second-order valence-corrected chi connectivity index (χ2v) is 5.35. The van der Waals surface area contributed by atoms with Crippen LogP contribution in [0, 0.1) is 0 Å². The van der Waals surface area contributed by atoms with Crippen LogP contribution in [0.1, 0.15) is 26.3 Å². The van der Waals surface area contributed by atoms with Crippen molar-refractivity contribution in [2.75, 3.05) is 13.2 Å². The van der Waals surface area contributed by atoms with Crippen molar-refractivity contribution in [3.05, 3.63) is 42.0 Å². The van der Waals surface area contributed by atoms with Crippen molar-refractivity contribution in [1.29, 1.82) is 0 Å². The second kappa shape index (κ2) is 8.09. The fourth-order valence-corrected chi connectivity index (χ4v) is 1.40. The Morgan fingerprint density at radius 3 is 2.48 bits per heavy atom. The van der Waals surface area contributed by atoms with E-state index < -0.39 is 17.7 Å². The largest absolute Gasteiger partial charge is 0.460 e. The third-order valence-electron chi connectivity index (χ3n) is 2.23. The minimum absolute atomic E-state index is 0.156. The molecular weight excluding hydrogens is 270 g/mol.